The molecular weight excluding hydrogens is 272 g/mol. The number of hydrogen-bond acceptors (Lipinski definition) is 4. The van der Waals surface area contributed by atoms with Gasteiger partial charge in [-0.2, -0.15) is 5.26 Å². The van der Waals surface area contributed by atoms with Crippen LogP contribution in [0.25, 0.3) is 0 Å². The van der Waals surface area contributed by atoms with E-state index in [9.17, 15) is 10.1 Å². The summed E-state index contributed by atoms with van der Waals surface area (Å²) in [4.78, 5) is 11.0. The van der Waals surface area contributed by atoms with Gasteiger partial charge in [-0.15, -0.1) is 11.8 Å². The minimum atomic E-state index is -0.489. The van der Waals surface area contributed by atoms with Crippen molar-refractivity contribution in [3.8, 4) is 6.07 Å². The van der Waals surface area contributed by atoms with Crippen molar-refractivity contribution in [1.82, 2.24) is 0 Å². The van der Waals surface area contributed by atoms with Crippen LogP contribution in [0.3, 0.4) is 0 Å². The van der Waals surface area contributed by atoms with Gasteiger partial charge in [-0.1, -0.05) is 24.3 Å². The standard InChI is InChI=1S/C15H12N2O2S/c1-11-4-2-3-5-12(11)10-20-15-7-6-14(17(18)19)8-13(15)9-16/h2-8H,10H2,1H3. The Morgan fingerprint density at radius 1 is 1.30 bits per heavy atom. The summed E-state index contributed by atoms with van der Waals surface area (Å²) in [7, 11) is 0. The van der Waals surface area contributed by atoms with Gasteiger partial charge >= 0.3 is 0 Å². The Labute approximate surface area is 121 Å². The normalized spacial score (nSPS) is 10.0. The molecule has 5 heteroatoms. The van der Waals surface area contributed by atoms with Gasteiger partial charge in [0.05, 0.1) is 10.5 Å². The molecule has 0 saturated carbocycles. The minimum Gasteiger partial charge on any atom is -0.258 e. The van der Waals surface area contributed by atoms with E-state index in [1.807, 2.05) is 37.3 Å². The van der Waals surface area contributed by atoms with Crippen molar-refractivity contribution in [2.45, 2.75) is 17.6 Å². The number of aryl methyl sites for hydroxylation is 1. The Kier molecular flexibility index (Phi) is 4.38. The average molecular weight is 284 g/mol. The molecule has 0 bridgehead atoms. The zero-order chi connectivity index (χ0) is 14.5. The third kappa shape index (κ3) is 3.16. The van der Waals surface area contributed by atoms with Gasteiger partial charge in [0.25, 0.3) is 5.69 Å². The van der Waals surface area contributed by atoms with Crippen LogP contribution in [0.4, 0.5) is 5.69 Å². The third-order valence-electron chi connectivity index (χ3n) is 2.94. The molecule has 0 spiro atoms. The molecule has 0 aliphatic carbocycles. The van der Waals surface area contributed by atoms with Gasteiger partial charge in [0.15, 0.2) is 0 Å². The molecule has 4 nitrogen and oxygen atoms in total. The molecule has 0 amide bonds. The van der Waals surface area contributed by atoms with Crippen molar-refractivity contribution in [3.05, 3.63) is 69.3 Å². The van der Waals surface area contributed by atoms with E-state index >= 15 is 0 Å². The Hall–Kier alpha value is -2.32. The summed E-state index contributed by atoms with van der Waals surface area (Å²) in [6.45, 7) is 2.04. The highest BCUT2D eigenvalue weighted by Crippen LogP contribution is 2.29. The first-order valence-corrected chi connectivity index (χ1v) is 6.96. The van der Waals surface area contributed by atoms with Crippen LogP contribution in [-0.4, -0.2) is 4.92 Å². The van der Waals surface area contributed by atoms with Crippen LogP contribution in [-0.2, 0) is 5.75 Å². The first-order valence-electron chi connectivity index (χ1n) is 5.97. The predicted molar refractivity (Wildman–Crippen MR) is 78.6 cm³/mol. The van der Waals surface area contributed by atoms with Crippen LogP contribution in [0.15, 0.2) is 47.4 Å². The number of non-ortho nitro benzene ring substituents is 1. The summed E-state index contributed by atoms with van der Waals surface area (Å²) in [6.07, 6.45) is 0. The zero-order valence-electron chi connectivity index (χ0n) is 10.9. The Morgan fingerprint density at radius 3 is 2.70 bits per heavy atom. The molecule has 0 aliphatic rings. The van der Waals surface area contributed by atoms with Gasteiger partial charge < -0.3 is 0 Å². The van der Waals surface area contributed by atoms with Gasteiger partial charge in [-0.05, 0) is 24.1 Å². The number of nitrogens with zero attached hydrogens (tertiary/aromatic N) is 2. The second-order valence-corrected chi connectivity index (χ2v) is 5.28. The Morgan fingerprint density at radius 2 is 2.05 bits per heavy atom. The zero-order valence-corrected chi connectivity index (χ0v) is 11.7. The van der Waals surface area contributed by atoms with Crippen LogP contribution in [0.5, 0.6) is 0 Å². The van der Waals surface area contributed by atoms with Crippen LogP contribution < -0.4 is 0 Å². The van der Waals surface area contributed by atoms with Gasteiger partial charge in [-0.25, -0.2) is 0 Å². The monoisotopic (exact) mass is 284 g/mol. The van der Waals surface area contributed by atoms with Crippen LogP contribution in [0, 0.1) is 28.4 Å². The molecule has 0 aromatic heterocycles. The summed E-state index contributed by atoms with van der Waals surface area (Å²) < 4.78 is 0. The van der Waals surface area contributed by atoms with Gasteiger partial charge in [-0.3, -0.25) is 10.1 Å². The summed E-state index contributed by atoms with van der Waals surface area (Å²) in [5.41, 5.74) is 2.68. The lowest BCUT2D eigenvalue weighted by Gasteiger charge is -2.06. The number of thioether (sulfide) groups is 1. The molecule has 0 fully saturated rings. The Bertz CT molecular complexity index is 693. The Balaban J connectivity index is 2.20. The maximum Gasteiger partial charge on any atom is 0.270 e. The number of nitro groups is 1. The molecule has 0 radical (unpaired) electrons. The molecule has 20 heavy (non-hydrogen) atoms. The van der Waals surface area contributed by atoms with E-state index in [0.717, 1.165) is 10.6 Å². The van der Waals surface area contributed by atoms with E-state index in [1.54, 1.807) is 6.07 Å². The van der Waals surface area contributed by atoms with E-state index in [4.69, 9.17) is 5.26 Å². The lowest BCUT2D eigenvalue weighted by molar-refractivity contribution is -0.384. The lowest BCUT2D eigenvalue weighted by Crippen LogP contribution is -1.91. The molecule has 0 unspecified atom stereocenters. The average Bonchev–Trinajstić information content (AvgIpc) is 2.46. The maximum atomic E-state index is 10.7. The fourth-order valence-electron chi connectivity index (χ4n) is 1.77. The lowest BCUT2D eigenvalue weighted by atomic mass is 10.1. The van der Waals surface area contributed by atoms with Gasteiger partial charge in [0.2, 0.25) is 0 Å². The number of nitro benzene ring substituents is 1. The summed E-state index contributed by atoms with van der Waals surface area (Å²) in [5, 5.41) is 19.8. The maximum absolute atomic E-state index is 10.7. The first-order chi connectivity index (χ1) is 9.61. The molecule has 2 rings (SSSR count). The predicted octanol–water partition coefficient (Wildman–Crippen LogP) is 4.07. The number of hydrogen-bond donors (Lipinski definition) is 0. The van der Waals surface area contributed by atoms with Gasteiger partial charge in [0.1, 0.15) is 6.07 Å². The van der Waals surface area contributed by atoms with Gasteiger partial charge in [0, 0.05) is 22.8 Å². The quantitative estimate of drug-likeness (QED) is 0.482. The molecule has 0 heterocycles. The van der Waals surface area contributed by atoms with E-state index in [1.165, 1.54) is 35.0 Å². The van der Waals surface area contributed by atoms with Crippen molar-refractivity contribution in [2.75, 3.05) is 0 Å². The topological polar surface area (TPSA) is 66.9 Å². The third-order valence-corrected chi connectivity index (χ3v) is 4.06. The molecule has 0 saturated heterocycles. The smallest absolute Gasteiger partial charge is 0.258 e. The van der Waals surface area contributed by atoms with E-state index in [2.05, 4.69) is 0 Å². The SMILES string of the molecule is Cc1ccccc1CSc1ccc([N+](=O)[O-])cc1C#N. The van der Waals surface area contributed by atoms with Crippen molar-refractivity contribution < 1.29 is 4.92 Å². The number of benzene rings is 2. The van der Waals surface area contributed by atoms with Crippen LogP contribution >= 0.6 is 11.8 Å². The first kappa shape index (κ1) is 14.1. The summed E-state index contributed by atoms with van der Waals surface area (Å²) >= 11 is 1.51. The second-order valence-electron chi connectivity index (χ2n) is 4.26. The molecule has 0 atom stereocenters. The summed E-state index contributed by atoms with van der Waals surface area (Å²) in [6, 6.07) is 14.4. The van der Waals surface area contributed by atoms with E-state index in [0.29, 0.717) is 5.56 Å². The summed E-state index contributed by atoms with van der Waals surface area (Å²) in [5.74, 6) is 0.735. The highest BCUT2D eigenvalue weighted by Gasteiger charge is 2.11. The molecular formula is C15H12N2O2S. The largest absolute Gasteiger partial charge is 0.270 e. The fourth-order valence-corrected chi connectivity index (χ4v) is 2.83. The second kappa shape index (κ2) is 6.22. The minimum absolute atomic E-state index is 0.0539. The molecule has 0 N–H and O–H groups in total. The van der Waals surface area contributed by atoms with Crippen molar-refractivity contribution in [2.24, 2.45) is 0 Å². The van der Waals surface area contributed by atoms with E-state index < -0.39 is 4.92 Å². The highest BCUT2D eigenvalue weighted by atomic mass is 32.2. The number of rotatable bonds is 4. The highest BCUT2D eigenvalue weighted by molar-refractivity contribution is 7.98. The van der Waals surface area contributed by atoms with Crippen molar-refractivity contribution in [1.29, 1.82) is 5.26 Å². The van der Waals surface area contributed by atoms with Crippen LogP contribution in [0.2, 0.25) is 0 Å². The van der Waals surface area contributed by atoms with Crippen LogP contribution in [0.1, 0.15) is 16.7 Å². The van der Waals surface area contributed by atoms with Crippen molar-refractivity contribution in [3.63, 3.8) is 0 Å². The molecule has 100 valence electrons. The van der Waals surface area contributed by atoms with E-state index in [-0.39, 0.29) is 5.69 Å². The number of nitriles is 1. The molecule has 2 aromatic carbocycles. The fraction of sp³-hybridized carbons (Fsp3) is 0.133. The molecule has 2 aromatic rings. The van der Waals surface area contributed by atoms with Crippen molar-refractivity contribution >= 4 is 17.4 Å². The molecule has 0 aliphatic heterocycles.